The Hall–Kier alpha value is -3.73. The Labute approximate surface area is 186 Å². The minimum absolute atomic E-state index is 0.125. The van der Waals surface area contributed by atoms with Crippen molar-refractivity contribution in [3.05, 3.63) is 77.0 Å². The second kappa shape index (κ2) is 8.96. The fourth-order valence-corrected chi connectivity index (χ4v) is 3.19. The number of nitrogens with zero attached hydrogens (tertiary/aromatic N) is 6. The number of carbonyl (C=O) groups excluding carboxylic acids is 2. The molecule has 158 valence electrons. The fraction of sp³-hybridized carbons (Fsp3) is 0.150. The van der Waals surface area contributed by atoms with Gasteiger partial charge in [0.05, 0.1) is 16.4 Å². The maximum Gasteiger partial charge on any atom is 0.278 e. The van der Waals surface area contributed by atoms with E-state index in [9.17, 15) is 9.59 Å². The van der Waals surface area contributed by atoms with E-state index in [1.54, 1.807) is 57.0 Å². The average molecular weight is 483 g/mol. The van der Waals surface area contributed by atoms with Gasteiger partial charge in [-0.25, -0.2) is 4.68 Å². The lowest BCUT2D eigenvalue weighted by atomic mass is 10.3. The molecule has 4 aromatic rings. The molecule has 2 N–H and O–H groups in total. The maximum atomic E-state index is 12.7. The Kier molecular flexibility index (Phi) is 5.94. The Bertz CT molecular complexity index is 1210. The quantitative estimate of drug-likeness (QED) is 0.420. The number of hydrogen-bond acceptors (Lipinski definition) is 5. The molecular weight excluding hydrogens is 464 g/mol. The van der Waals surface area contributed by atoms with Gasteiger partial charge < -0.3 is 10.6 Å². The van der Waals surface area contributed by atoms with E-state index in [1.165, 1.54) is 0 Å². The molecule has 3 heterocycles. The Morgan fingerprint density at radius 1 is 0.968 bits per heavy atom. The van der Waals surface area contributed by atoms with Crippen molar-refractivity contribution in [1.82, 2.24) is 29.3 Å². The number of aryl methyl sites for hydroxylation is 1. The molecule has 0 saturated heterocycles. The number of para-hydroxylation sites is 1. The summed E-state index contributed by atoms with van der Waals surface area (Å²) in [6.07, 6.45) is 6.78. The van der Waals surface area contributed by atoms with Crippen LogP contribution in [-0.4, -0.2) is 41.2 Å². The fourth-order valence-electron chi connectivity index (χ4n) is 2.87. The molecule has 0 radical (unpaired) electrons. The molecule has 0 aliphatic carbocycles. The first-order valence-corrected chi connectivity index (χ1v) is 10.3. The summed E-state index contributed by atoms with van der Waals surface area (Å²) in [5, 5.41) is 18.3. The molecule has 2 amide bonds. The van der Waals surface area contributed by atoms with E-state index in [0.29, 0.717) is 24.6 Å². The van der Waals surface area contributed by atoms with Crippen molar-refractivity contribution in [1.29, 1.82) is 0 Å². The van der Waals surface area contributed by atoms with Crippen LogP contribution in [0.2, 0.25) is 0 Å². The Balaban J connectivity index is 1.49. The summed E-state index contributed by atoms with van der Waals surface area (Å²) in [5.74, 6) is -0.853. The molecule has 31 heavy (non-hydrogen) atoms. The largest absolute Gasteiger partial charge is 0.321 e. The zero-order valence-corrected chi connectivity index (χ0v) is 18.2. The van der Waals surface area contributed by atoms with Crippen LogP contribution in [0.1, 0.15) is 27.9 Å². The normalized spacial score (nSPS) is 10.8. The van der Waals surface area contributed by atoms with E-state index in [-0.39, 0.29) is 11.4 Å². The Morgan fingerprint density at radius 3 is 2.48 bits per heavy atom. The van der Waals surface area contributed by atoms with Gasteiger partial charge in [0, 0.05) is 30.8 Å². The molecular formula is C20H19BrN8O2. The highest BCUT2D eigenvalue weighted by Gasteiger charge is 2.20. The average Bonchev–Trinajstić information content (AvgIpc) is 3.49. The molecule has 11 heteroatoms. The summed E-state index contributed by atoms with van der Waals surface area (Å²) >= 11 is 3.34. The molecule has 0 saturated carbocycles. The first-order valence-electron chi connectivity index (χ1n) is 9.48. The standard InChI is InChI=1S/C20H19BrN8O2/c1-2-27-12-17(18(26-27)20(31)23-15-6-4-3-5-7-15)24-19(30)16-8-9-28(25-16)13-29-11-14(21)10-22-29/h3-12H,2,13H2,1H3,(H,23,31)(H,24,30). The number of halogens is 1. The lowest BCUT2D eigenvalue weighted by Crippen LogP contribution is -2.19. The molecule has 0 atom stereocenters. The number of rotatable bonds is 7. The third kappa shape index (κ3) is 4.89. The molecule has 4 rings (SSSR count). The summed E-state index contributed by atoms with van der Waals surface area (Å²) in [7, 11) is 0. The van der Waals surface area contributed by atoms with Crippen molar-refractivity contribution >= 4 is 39.1 Å². The van der Waals surface area contributed by atoms with Gasteiger partial charge in [0.2, 0.25) is 0 Å². The van der Waals surface area contributed by atoms with E-state index in [4.69, 9.17) is 0 Å². The van der Waals surface area contributed by atoms with E-state index >= 15 is 0 Å². The van der Waals surface area contributed by atoms with Crippen molar-refractivity contribution in [3.63, 3.8) is 0 Å². The van der Waals surface area contributed by atoms with E-state index in [2.05, 4.69) is 41.9 Å². The number of anilines is 2. The zero-order valence-electron chi connectivity index (χ0n) is 16.6. The van der Waals surface area contributed by atoms with Gasteiger partial charge in [0.25, 0.3) is 11.8 Å². The lowest BCUT2D eigenvalue weighted by Gasteiger charge is -2.06. The van der Waals surface area contributed by atoms with Crippen LogP contribution in [-0.2, 0) is 13.2 Å². The Morgan fingerprint density at radius 2 is 1.77 bits per heavy atom. The van der Waals surface area contributed by atoms with Crippen molar-refractivity contribution < 1.29 is 9.59 Å². The SMILES string of the molecule is CCn1cc(NC(=O)c2ccn(Cn3cc(Br)cn3)n2)c(C(=O)Nc2ccccc2)n1. The highest BCUT2D eigenvalue weighted by atomic mass is 79.9. The molecule has 0 fully saturated rings. The van der Waals surface area contributed by atoms with Crippen LogP contribution in [0.5, 0.6) is 0 Å². The minimum Gasteiger partial charge on any atom is -0.321 e. The number of nitrogens with one attached hydrogen (secondary N) is 2. The minimum atomic E-state index is -0.440. The molecule has 0 aliphatic rings. The molecule has 3 aromatic heterocycles. The number of carbonyl (C=O) groups is 2. The highest BCUT2D eigenvalue weighted by molar-refractivity contribution is 9.10. The first kappa shape index (κ1) is 20.5. The lowest BCUT2D eigenvalue weighted by molar-refractivity contribution is 0.102. The first-order chi connectivity index (χ1) is 15.0. The van der Waals surface area contributed by atoms with Crippen molar-refractivity contribution in [3.8, 4) is 0 Å². The summed E-state index contributed by atoms with van der Waals surface area (Å²) in [6.45, 7) is 2.81. The van der Waals surface area contributed by atoms with E-state index in [1.807, 2.05) is 25.1 Å². The predicted molar refractivity (Wildman–Crippen MR) is 118 cm³/mol. The predicted octanol–water partition coefficient (Wildman–Crippen LogP) is 3.07. The molecule has 0 aliphatic heterocycles. The van der Waals surface area contributed by atoms with Crippen LogP contribution < -0.4 is 10.6 Å². The molecule has 10 nitrogen and oxygen atoms in total. The third-order valence-electron chi connectivity index (χ3n) is 4.35. The third-order valence-corrected chi connectivity index (χ3v) is 4.75. The zero-order chi connectivity index (χ0) is 21.8. The van der Waals surface area contributed by atoms with Crippen LogP contribution in [0.25, 0.3) is 0 Å². The topological polar surface area (TPSA) is 112 Å². The van der Waals surface area contributed by atoms with Gasteiger partial charge >= 0.3 is 0 Å². The van der Waals surface area contributed by atoms with Crippen LogP contribution in [0.3, 0.4) is 0 Å². The summed E-state index contributed by atoms with van der Waals surface area (Å²) in [6, 6.07) is 10.7. The van der Waals surface area contributed by atoms with Gasteiger partial charge in [-0.05, 0) is 41.1 Å². The van der Waals surface area contributed by atoms with Crippen LogP contribution in [0, 0.1) is 0 Å². The monoisotopic (exact) mass is 482 g/mol. The molecule has 0 unspecified atom stereocenters. The maximum absolute atomic E-state index is 12.7. The van der Waals surface area contributed by atoms with Gasteiger partial charge in [0.1, 0.15) is 6.67 Å². The summed E-state index contributed by atoms with van der Waals surface area (Å²) < 4.78 is 5.71. The summed E-state index contributed by atoms with van der Waals surface area (Å²) in [4.78, 5) is 25.4. The van der Waals surface area contributed by atoms with Gasteiger partial charge in [0.15, 0.2) is 11.4 Å². The smallest absolute Gasteiger partial charge is 0.278 e. The number of aromatic nitrogens is 6. The number of benzene rings is 1. The molecule has 0 spiro atoms. The van der Waals surface area contributed by atoms with Gasteiger partial charge in [-0.1, -0.05) is 18.2 Å². The van der Waals surface area contributed by atoms with Gasteiger partial charge in [-0.3, -0.25) is 19.0 Å². The van der Waals surface area contributed by atoms with Crippen molar-refractivity contribution in [2.45, 2.75) is 20.1 Å². The van der Waals surface area contributed by atoms with E-state index < -0.39 is 11.8 Å². The number of amides is 2. The van der Waals surface area contributed by atoms with Crippen LogP contribution in [0.4, 0.5) is 11.4 Å². The second-order valence-electron chi connectivity index (χ2n) is 6.60. The van der Waals surface area contributed by atoms with E-state index in [0.717, 1.165) is 4.47 Å². The molecule has 0 bridgehead atoms. The van der Waals surface area contributed by atoms with Gasteiger partial charge in [-0.15, -0.1) is 0 Å². The highest BCUT2D eigenvalue weighted by Crippen LogP contribution is 2.17. The van der Waals surface area contributed by atoms with Gasteiger partial charge in [-0.2, -0.15) is 15.3 Å². The number of hydrogen-bond donors (Lipinski definition) is 2. The van der Waals surface area contributed by atoms with Crippen LogP contribution in [0.15, 0.2) is 65.7 Å². The summed E-state index contributed by atoms with van der Waals surface area (Å²) in [5.41, 5.74) is 1.29. The second-order valence-corrected chi connectivity index (χ2v) is 7.52. The van der Waals surface area contributed by atoms with Crippen molar-refractivity contribution in [2.24, 2.45) is 0 Å². The van der Waals surface area contributed by atoms with Crippen molar-refractivity contribution in [2.75, 3.05) is 10.6 Å². The molecule has 1 aromatic carbocycles. The van der Waals surface area contributed by atoms with Crippen LogP contribution >= 0.6 is 15.9 Å².